The Morgan fingerprint density at radius 2 is 2.42 bits per heavy atom. The lowest BCUT2D eigenvalue weighted by Gasteiger charge is -1.95. The molecule has 1 aliphatic rings. The molecule has 1 heterocycles. The fourth-order valence-corrected chi connectivity index (χ4v) is 2.14. The number of carbonyl (C=O) groups excluding carboxylic acids is 1. The van der Waals surface area contributed by atoms with E-state index in [1.54, 1.807) is 0 Å². The average molecular weight is 178 g/mol. The molecule has 0 unspecified atom stereocenters. The van der Waals surface area contributed by atoms with E-state index < -0.39 is 0 Å². The fourth-order valence-electron chi connectivity index (χ4n) is 1.44. The van der Waals surface area contributed by atoms with Gasteiger partial charge in [-0.2, -0.15) is 0 Å². The van der Waals surface area contributed by atoms with E-state index in [0.717, 1.165) is 29.7 Å². The quantitative estimate of drug-likeness (QED) is 0.636. The van der Waals surface area contributed by atoms with Gasteiger partial charge in [0.2, 0.25) is 0 Å². The van der Waals surface area contributed by atoms with Crippen LogP contribution < -0.4 is 0 Å². The lowest BCUT2D eigenvalue weighted by molar-refractivity contribution is 0.103. The van der Waals surface area contributed by atoms with Crippen molar-refractivity contribution in [3.63, 3.8) is 0 Å². The third-order valence-electron chi connectivity index (χ3n) is 2.08. The molecular weight excluding hydrogens is 168 g/mol. The zero-order valence-corrected chi connectivity index (χ0v) is 7.56. The molecule has 0 saturated carbocycles. The molecule has 1 aromatic heterocycles. The highest BCUT2D eigenvalue weighted by Crippen LogP contribution is 2.23. The van der Waals surface area contributed by atoms with E-state index >= 15 is 0 Å². The Bertz CT molecular complexity index is 309. The topological polar surface area (TPSA) is 17.1 Å². The standard InChI is InChI=1S/C10H10OS/c11-10(8-4-1-2-5-8)9-6-3-7-12-9/h3-4,6-7H,1-2,5H2. The lowest BCUT2D eigenvalue weighted by Crippen LogP contribution is -1.97. The molecule has 0 amide bonds. The van der Waals surface area contributed by atoms with Crippen molar-refractivity contribution in [2.75, 3.05) is 0 Å². The molecule has 0 N–H and O–H groups in total. The minimum absolute atomic E-state index is 0.238. The lowest BCUT2D eigenvalue weighted by atomic mass is 10.1. The summed E-state index contributed by atoms with van der Waals surface area (Å²) in [6.07, 6.45) is 5.26. The summed E-state index contributed by atoms with van der Waals surface area (Å²) < 4.78 is 0. The smallest absolute Gasteiger partial charge is 0.198 e. The third kappa shape index (κ3) is 1.34. The summed E-state index contributed by atoms with van der Waals surface area (Å²) in [7, 11) is 0. The van der Waals surface area contributed by atoms with Crippen molar-refractivity contribution < 1.29 is 4.79 Å². The molecular formula is C10H10OS. The summed E-state index contributed by atoms with van der Waals surface area (Å²) >= 11 is 1.53. The molecule has 12 heavy (non-hydrogen) atoms. The van der Waals surface area contributed by atoms with Gasteiger partial charge in [0, 0.05) is 0 Å². The fraction of sp³-hybridized carbons (Fsp3) is 0.300. The van der Waals surface area contributed by atoms with Crippen LogP contribution in [0.25, 0.3) is 0 Å². The highest BCUT2D eigenvalue weighted by molar-refractivity contribution is 7.12. The van der Waals surface area contributed by atoms with Gasteiger partial charge >= 0.3 is 0 Å². The molecule has 0 spiro atoms. The molecule has 0 aromatic carbocycles. The normalized spacial score (nSPS) is 16.2. The van der Waals surface area contributed by atoms with Crippen molar-refractivity contribution in [3.8, 4) is 0 Å². The van der Waals surface area contributed by atoms with Crippen LogP contribution in [0.3, 0.4) is 0 Å². The first-order chi connectivity index (χ1) is 5.88. The molecule has 0 aliphatic heterocycles. The van der Waals surface area contributed by atoms with Crippen molar-refractivity contribution in [2.24, 2.45) is 0 Å². The third-order valence-corrected chi connectivity index (χ3v) is 2.95. The SMILES string of the molecule is O=C(C1=CCCC1)c1cccs1. The Labute approximate surface area is 75.7 Å². The van der Waals surface area contributed by atoms with Crippen LogP contribution in [0.1, 0.15) is 28.9 Å². The minimum Gasteiger partial charge on any atom is -0.288 e. The van der Waals surface area contributed by atoms with Gasteiger partial charge in [0.05, 0.1) is 4.88 Å². The Balaban J connectivity index is 2.20. The summed E-state index contributed by atoms with van der Waals surface area (Å²) in [5.74, 6) is 0.238. The molecule has 62 valence electrons. The van der Waals surface area contributed by atoms with Crippen LogP contribution in [0.4, 0.5) is 0 Å². The van der Waals surface area contributed by atoms with E-state index in [2.05, 4.69) is 6.08 Å². The Morgan fingerprint density at radius 3 is 3.00 bits per heavy atom. The van der Waals surface area contributed by atoms with E-state index in [1.807, 2.05) is 17.5 Å². The summed E-state index contributed by atoms with van der Waals surface area (Å²) in [6, 6.07) is 3.82. The van der Waals surface area contributed by atoms with Gasteiger partial charge in [-0.25, -0.2) is 0 Å². The van der Waals surface area contributed by atoms with Crippen LogP contribution in [0, 0.1) is 0 Å². The van der Waals surface area contributed by atoms with Crippen molar-refractivity contribution in [1.82, 2.24) is 0 Å². The van der Waals surface area contributed by atoms with Gasteiger partial charge in [-0.05, 0) is 36.3 Å². The molecule has 2 heteroatoms. The van der Waals surface area contributed by atoms with E-state index in [9.17, 15) is 4.79 Å². The zero-order valence-electron chi connectivity index (χ0n) is 6.75. The summed E-state index contributed by atoms with van der Waals surface area (Å²) in [4.78, 5) is 12.5. The van der Waals surface area contributed by atoms with E-state index in [4.69, 9.17) is 0 Å². The van der Waals surface area contributed by atoms with Crippen molar-refractivity contribution >= 4 is 17.1 Å². The van der Waals surface area contributed by atoms with Crippen LogP contribution in [0.15, 0.2) is 29.2 Å². The number of carbonyl (C=O) groups is 1. The maximum Gasteiger partial charge on any atom is 0.198 e. The van der Waals surface area contributed by atoms with Gasteiger partial charge in [0.15, 0.2) is 5.78 Å². The Kier molecular flexibility index (Phi) is 2.09. The highest BCUT2D eigenvalue weighted by Gasteiger charge is 2.15. The van der Waals surface area contributed by atoms with Gasteiger partial charge in [-0.3, -0.25) is 4.79 Å². The maximum atomic E-state index is 11.7. The average Bonchev–Trinajstić information content (AvgIpc) is 2.77. The molecule has 2 rings (SSSR count). The number of rotatable bonds is 2. The second-order valence-electron chi connectivity index (χ2n) is 2.93. The molecule has 1 aromatic rings. The molecule has 0 bridgehead atoms. The summed E-state index contributed by atoms with van der Waals surface area (Å²) in [6.45, 7) is 0. The zero-order chi connectivity index (χ0) is 8.39. The second kappa shape index (κ2) is 3.23. The minimum atomic E-state index is 0.238. The predicted octanol–water partition coefficient (Wildman–Crippen LogP) is 3.04. The van der Waals surface area contributed by atoms with Gasteiger partial charge in [0.25, 0.3) is 0 Å². The summed E-state index contributed by atoms with van der Waals surface area (Å²) in [5.41, 5.74) is 1.01. The number of thiophene rings is 1. The largest absolute Gasteiger partial charge is 0.288 e. The van der Waals surface area contributed by atoms with Crippen LogP contribution in [-0.4, -0.2) is 5.78 Å². The number of allylic oxidation sites excluding steroid dienone is 2. The number of Topliss-reactive ketones (excluding diaryl/α,β-unsaturated/α-hetero) is 1. The van der Waals surface area contributed by atoms with Crippen LogP contribution in [-0.2, 0) is 0 Å². The van der Waals surface area contributed by atoms with Gasteiger partial charge in [-0.1, -0.05) is 12.1 Å². The number of hydrogen-bond acceptors (Lipinski definition) is 2. The van der Waals surface area contributed by atoms with Gasteiger partial charge < -0.3 is 0 Å². The molecule has 0 radical (unpaired) electrons. The molecule has 0 fully saturated rings. The molecule has 1 aliphatic carbocycles. The Morgan fingerprint density at radius 1 is 1.50 bits per heavy atom. The van der Waals surface area contributed by atoms with Crippen LogP contribution in [0.5, 0.6) is 0 Å². The van der Waals surface area contributed by atoms with E-state index in [1.165, 1.54) is 11.3 Å². The summed E-state index contributed by atoms with van der Waals surface area (Å²) in [5, 5.41) is 1.95. The first-order valence-corrected chi connectivity index (χ1v) is 5.03. The highest BCUT2D eigenvalue weighted by atomic mass is 32.1. The second-order valence-corrected chi connectivity index (χ2v) is 3.88. The van der Waals surface area contributed by atoms with Crippen molar-refractivity contribution in [1.29, 1.82) is 0 Å². The van der Waals surface area contributed by atoms with Crippen LogP contribution >= 0.6 is 11.3 Å². The van der Waals surface area contributed by atoms with Gasteiger partial charge in [-0.15, -0.1) is 11.3 Å². The first-order valence-electron chi connectivity index (χ1n) is 4.15. The predicted molar refractivity (Wildman–Crippen MR) is 50.6 cm³/mol. The van der Waals surface area contributed by atoms with Crippen LogP contribution in [0.2, 0.25) is 0 Å². The monoisotopic (exact) mass is 178 g/mol. The number of hydrogen-bond donors (Lipinski definition) is 0. The molecule has 0 saturated heterocycles. The number of ketones is 1. The van der Waals surface area contributed by atoms with E-state index in [-0.39, 0.29) is 5.78 Å². The maximum absolute atomic E-state index is 11.7. The van der Waals surface area contributed by atoms with E-state index in [0.29, 0.717) is 0 Å². The molecule has 0 atom stereocenters. The first kappa shape index (κ1) is 7.74. The Hall–Kier alpha value is -0.890. The van der Waals surface area contributed by atoms with Gasteiger partial charge in [0.1, 0.15) is 0 Å². The van der Waals surface area contributed by atoms with Crippen molar-refractivity contribution in [2.45, 2.75) is 19.3 Å². The molecule has 1 nitrogen and oxygen atoms in total. The van der Waals surface area contributed by atoms with Crippen molar-refractivity contribution in [3.05, 3.63) is 34.0 Å².